The van der Waals surface area contributed by atoms with Crippen molar-refractivity contribution >= 4 is 81.5 Å². The molecule has 1 aliphatic heterocycles. The summed E-state index contributed by atoms with van der Waals surface area (Å²) in [5.41, 5.74) is 3.24. The highest BCUT2D eigenvalue weighted by Crippen LogP contribution is 2.33. The average Bonchev–Trinajstić information content (AvgIpc) is 3.80. The largest absolute Gasteiger partial charge is 0.487 e. The maximum absolute atomic E-state index is 14.0. The van der Waals surface area contributed by atoms with Crippen LogP contribution < -0.4 is 37.0 Å². The van der Waals surface area contributed by atoms with E-state index in [0.29, 0.717) is 98.7 Å². The molecule has 1 aliphatic rings. The van der Waals surface area contributed by atoms with Gasteiger partial charge in [-0.15, -0.1) is 0 Å². The standard InChI is InChI=1S/C29H41N3O6SSi2.C20H18N4O3S/c1-40(2,3)17-15-36-19-31-23-11-8-12-24(38-20-37-16-18-41(4,5)6)26(23)30-25(29(31)35)21-9-7-10-22-27(21)39-32(13-14-33)28(22)34;1-11-10-21-8-9-24-20(26)13-5-2-4-12(18(13)28-24)16-19(25)22-14-6-3-7-15(27-11)17(14)23-16/h7-12,33H,13-20H2,1-6H3;2-7,11,21H,8-10H2,1H3,(H,22,25)/t;11-/m.0/s1. The summed E-state index contributed by atoms with van der Waals surface area (Å²) in [7, 11) is -2.54. The van der Waals surface area contributed by atoms with E-state index in [2.05, 4.69) is 54.6 Å². The zero-order valence-electron chi connectivity index (χ0n) is 40.0. The zero-order valence-corrected chi connectivity index (χ0v) is 43.7. The molecule has 20 heteroatoms. The van der Waals surface area contributed by atoms with Crippen LogP contribution in [-0.2, 0) is 29.3 Å². The molecule has 0 fully saturated rings. The summed E-state index contributed by atoms with van der Waals surface area (Å²) in [5, 5.41) is 13.9. The molecule has 16 nitrogen and oxygen atoms in total. The topological polar surface area (TPSA) is 194 Å². The van der Waals surface area contributed by atoms with Crippen LogP contribution >= 0.6 is 23.1 Å². The van der Waals surface area contributed by atoms with Crippen molar-refractivity contribution < 1.29 is 24.1 Å². The normalized spacial score (nSPS) is 14.3. The summed E-state index contributed by atoms with van der Waals surface area (Å²) < 4.78 is 30.2. The first-order chi connectivity index (χ1) is 33.0. The Morgan fingerprint density at radius 2 is 1.42 bits per heavy atom. The maximum Gasteiger partial charge on any atom is 0.279 e. The van der Waals surface area contributed by atoms with E-state index in [1.165, 1.54) is 27.0 Å². The maximum atomic E-state index is 14.0. The number of aliphatic hydroxyl groups excluding tert-OH is 1. The fourth-order valence-electron chi connectivity index (χ4n) is 7.78. The molecule has 364 valence electrons. The van der Waals surface area contributed by atoms with Crippen LogP contribution in [0.3, 0.4) is 0 Å². The number of nitrogens with one attached hydrogen (secondary N) is 2. The van der Waals surface area contributed by atoms with Gasteiger partial charge in [-0.3, -0.25) is 31.7 Å². The molecule has 0 saturated heterocycles. The Morgan fingerprint density at radius 3 is 2.14 bits per heavy atom. The number of aromatic amines is 1. The Kier molecular flexibility index (Phi) is 15.3. The fourth-order valence-corrected chi connectivity index (χ4v) is 11.5. The molecule has 0 unspecified atom stereocenters. The van der Waals surface area contributed by atoms with Gasteiger partial charge in [0.15, 0.2) is 6.79 Å². The second-order valence-corrected chi connectivity index (χ2v) is 32.7. The lowest BCUT2D eigenvalue weighted by Gasteiger charge is -2.18. The van der Waals surface area contributed by atoms with Gasteiger partial charge < -0.3 is 34.4 Å². The number of hydrogen-bond donors (Lipinski definition) is 3. The molecule has 69 heavy (non-hydrogen) atoms. The van der Waals surface area contributed by atoms with Gasteiger partial charge in [0.25, 0.3) is 22.2 Å². The summed E-state index contributed by atoms with van der Waals surface area (Å²) in [5.74, 6) is 1.13. The average molecular weight is 1010 g/mol. The van der Waals surface area contributed by atoms with Crippen molar-refractivity contribution in [1.82, 2.24) is 32.7 Å². The number of aliphatic hydroxyl groups is 1. The van der Waals surface area contributed by atoms with Crippen molar-refractivity contribution in [2.75, 3.05) is 39.7 Å². The van der Waals surface area contributed by atoms with E-state index >= 15 is 0 Å². The zero-order chi connectivity index (χ0) is 49.0. The number of benzene rings is 4. The predicted molar refractivity (Wildman–Crippen MR) is 282 cm³/mol. The van der Waals surface area contributed by atoms with Gasteiger partial charge in [-0.2, -0.15) is 0 Å². The number of para-hydroxylation sites is 2. The third kappa shape index (κ3) is 11.4. The van der Waals surface area contributed by atoms with E-state index in [0.717, 1.165) is 16.8 Å². The SMILES string of the molecule is C[C@H]1CNCCn2sc3c(cccc3c2=O)-c2nc3c(cccc3[nH]c2=O)O1.C[Si](C)(C)CCOCOc1cccc2c1nc(-c1cccc3c(=O)n(CCO)sc13)c(=O)n2COCC[Si](C)(C)C. The van der Waals surface area contributed by atoms with Crippen molar-refractivity contribution in [2.24, 2.45) is 0 Å². The lowest BCUT2D eigenvalue weighted by molar-refractivity contribution is 0.0228. The van der Waals surface area contributed by atoms with Crippen LogP contribution in [0.1, 0.15) is 6.92 Å². The van der Waals surface area contributed by atoms with Crippen LogP contribution in [0.15, 0.2) is 92.0 Å². The summed E-state index contributed by atoms with van der Waals surface area (Å²) in [4.78, 5) is 64.9. The Balaban J connectivity index is 0.000000199. The molecule has 5 heterocycles. The Hall–Kier alpha value is -5.59. The van der Waals surface area contributed by atoms with Crippen LogP contribution in [-0.4, -0.2) is 94.5 Å². The number of nitrogens with zero attached hydrogens (tertiary/aromatic N) is 5. The number of ether oxygens (including phenoxy) is 4. The van der Waals surface area contributed by atoms with Crippen LogP contribution in [0.5, 0.6) is 11.5 Å². The minimum Gasteiger partial charge on any atom is -0.487 e. The lowest BCUT2D eigenvalue weighted by Crippen LogP contribution is -2.32. The first-order valence-corrected chi connectivity index (χ1v) is 32.1. The van der Waals surface area contributed by atoms with Gasteiger partial charge in [-0.25, -0.2) is 9.97 Å². The van der Waals surface area contributed by atoms with Gasteiger partial charge in [-0.05, 0) is 55.4 Å². The van der Waals surface area contributed by atoms with E-state index in [-0.39, 0.29) is 60.7 Å². The minimum absolute atomic E-state index is 0.0410. The molecule has 0 radical (unpaired) electrons. The van der Waals surface area contributed by atoms with Gasteiger partial charge in [0, 0.05) is 60.1 Å². The van der Waals surface area contributed by atoms with E-state index in [1.807, 2.05) is 49.4 Å². The van der Waals surface area contributed by atoms with Crippen molar-refractivity contribution in [3.63, 3.8) is 0 Å². The number of H-pyrrole nitrogens is 1. The number of hydrogen-bond acceptors (Lipinski definition) is 14. The summed E-state index contributed by atoms with van der Waals surface area (Å²) in [6.45, 7) is 18.9. The van der Waals surface area contributed by atoms with Crippen molar-refractivity contribution in [1.29, 1.82) is 0 Å². The predicted octanol–water partition coefficient (Wildman–Crippen LogP) is 7.77. The molecule has 0 amide bonds. The summed E-state index contributed by atoms with van der Waals surface area (Å²) in [6, 6.07) is 23.7. The van der Waals surface area contributed by atoms with Gasteiger partial charge in [0.2, 0.25) is 0 Å². The Bertz CT molecular complexity index is 3390. The first kappa shape index (κ1) is 49.8. The molecule has 9 rings (SSSR count). The van der Waals surface area contributed by atoms with Crippen molar-refractivity contribution in [2.45, 2.75) is 84.2 Å². The molecular formula is C49H59N7O9S2Si2. The van der Waals surface area contributed by atoms with E-state index in [4.69, 9.17) is 23.9 Å². The first-order valence-electron chi connectivity index (χ1n) is 23.1. The van der Waals surface area contributed by atoms with Gasteiger partial charge >= 0.3 is 0 Å². The lowest BCUT2D eigenvalue weighted by atomic mass is 10.1. The number of rotatable bonds is 14. The van der Waals surface area contributed by atoms with Crippen molar-refractivity contribution in [3.05, 3.63) is 114 Å². The van der Waals surface area contributed by atoms with Crippen molar-refractivity contribution in [3.8, 4) is 34.0 Å². The van der Waals surface area contributed by atoms with Gasteiger partial charge in [-0.1, -0.05) is 98.7 Å². The van der Waals surface area contributed by atoms with Crippen LogP contribution in [0.2, 0.25) is 51.4 Å². The van der Waals surface area contributed by atoms with E-state index in [1.54, 1.807) is 38.9 Å². The number of fused-ring (bicyclic) bond motifs is 5. The minimum atomic E-state index is -1.31. The molecule has 3 N–H and O–H groups in total. The van der Waals surface area contributed by atoms with Crippen LogP contribution in [0.25, 0.3) is 64.8 Å². The molecule has 0 spiro atoms. The molecular weight excluding hydrogens is 951 g/mol. The third-order valence-corrected chi connectivity index (χ3v) is 17.3. The third-order valence-electron chi connectivity index (χ3n) is 11.5. The Labute approximate surface area is 408 Å². The molecule has 4 aromatic heterocycles. The molecule has 0 saturated carbocycles. The highest BCUT2D eigenvalue weighted by molar-refractivity contribution is 7.14. The highest BCUT2D eigenvalue weighted by Gasteiger charge is 2.22. The van der Waals surface area contributed by atoms with E-state index in [9.17, 15) is 24.3 Å². The quantitative estimate of drug-likeness (QED) is 0.0545. The summed E-state index contributed by atoms with van der Waals surface area (Å²) in [6.07, 6.45) is -0.0933. The van der Waals surface area contributed by atoms with Crippen LogP contribution in [0.4, 0.5) is 0 Å². The molecule has 8 aromatic rings. The number of aromatic nitrogens is 6. The smallest absolute Gasteiger partial charge is 0.279 e. The second kappa shape index (κ2) is 21.2. The monoisotopic (exact) mass is 1010 g/mol. The highest BCUT2D eigenvalue weighted by atomic mass is 32.1. The molecule has 1 atom stereocenters. The van der Waals surface area contributed by atoms with Gasteiger partial charge in [0.1, 0.15) is 46.8 Å². The fraction of sp³-hybridized carbons (Fsp3) is 0.388. The molecule has 0 aliphatic carbocycles. The molecule has 4 bridgehead atoms. The Morgan fingerprint density at radius 1 is 0.768 bits per heavy atom. The summed E-state index contributed by atoms with van der Waals surface area (Å²) >= 11 is 2.59. The molecule has 4 aromatic carbocycles. The van der Waals surface area contributed by atoms with E-state index < -0.39 is 16.1 Å². The second-order valence-electron chi connectivity index (χ2n) is 19.4. The van der Waals surface area contributed by atoms with Crippen LogP contribution in [0, 0.1) is 0 Å². The van der Waals surface area contributed by atoms with Gasteiger partial charge in [0.05, 0.1) is 44.4 Å².